The SMILES string of the molecule is CC(=O)O[C@@H](C)C(=O)Nc1cccc(C2O[C@H](CSc3nnnn3C)[C@H](C)[C@H](c3ccc(CO)cc3)O2)c1. The third-order valence-electron chi connectivity index (χ3n) is 6.22. The van der Waals surface area contributed by atoms with Gasteiger partial charge in [-0.2, -0.15) is 0 Å². The number of anilines is 1. The zero-order chi connectivity index (χ0) is 27.2. The molecule has 1 fully saturated rings. The predicted octanol–water partition coefficient (Wildman–Crippen LogP) is 3.18. The van der Waals surface area contributed by atoms with E-state index in [0.29, 0.717) is 16.6 Å². The molecule has 12 heteroatoms. The second kappa shape index (κ2) is 12.5. The van der Waals surface area contributed by atoms with Gasteiger partial charge in [0, 0.05) is 36.9 Å². The van der Waals surface area contributed by atoms with Gasteiger partial charge in [0.25, 0.3) is 5.91 Å². The average molecular weight is 542 g/mol. The topological polar surface area (TPSA) is 138 Å². The van der Waals surface area contributed by atoms with Crippen LogP contribution in [0, 0.1) is 5.92 Å². The zero-order valence-corrected chi connectivity index (χ0v) is 22.4. The van der Waals surface area contributed by atoms with Crippen LogP contribution in [0.3, 0.4) is 0 Å². The first-order valence-corrected chi connectivity index (χ1v) is 13.2. The van der Waals surface area contributed by atoms with Gasteiger partial charge in [-0.25, -0.2) is 4.68 Å². The van der Waals surface area contributed by atoms with Crippen molar-refractivity contribution in [1.29, 1.82) is 0 Å². The van der Waals surface area contributed by atoms with Crippen LogP contribution in [0.25, 0.3) is 0 Å². The Hall–Kier alpha value is -3.32. The fourth-order valence-corrected chi connectivity index (χ4v) is 5.13. The molecule has 1 unspecified atom stereocenters. The molecule has 0 aliphatic carbocycles. The van der Waals surface area contributed by atoms with Crippen LogP contribution >= 0.6 is 11.8 Å². The van der Waals surface area contributed by atoms with E-state index in [2.05, 4.69) is 27.8 Å². The standard InChI is InChI=1S/C26H31N5O6S/c1-15-22(14-38-26-28-29-30-31(26)4)36-25(37-23(15)19-10-8-18(13-32)9-11-19)20-6-5-7-21(12-20)27-24(34)16(2)35-17(3)33/h5-12,15-16,22-23,25,32H,13-14H2,1-4H3,(H,27,34)/t15-,16-,22+,23+,25?/m0/s1. The number of thioether (sulfide) groups is 1. The van der Waals surface area contributed by atoms with Crippen molar-refractivity contribution in [1.82, 2.24) is 20.2 Å². The van der Waals surface area contributed by atoms with Gasteiger partial charge in [0.15, 0.2) is 12.4 Å². The summed E-state index contributed by atoms with van der Waals surface area (Å²) in [5.74, 6) is -0.382. The van der Waals surface area contributed by atoms with Gasteiger partial charge >= 0.3 is 5.97 Å². The van der Waals surface area contributed by atoms with Crippen LogP contribution in [0.2, 0.25) is 0 Å². The Morgan fingerprint density at radius 1 is 1.18 bits per heavy atom. The second-order valence-electron chi connectivity index (χ2n) is 9.08. The van der Waals surface area contributed by atoms with E-state index in [1.807, 2.05) is 30.3 Å². The van der Waals surface area contributed by atoms with Crippen molar-refractivity contribution in [2.75, 3.05) is 11.1 Å². The normalized spacial score (nSPS) is 22.0. The number of hydrogen-bond acceptors (Lipinski definition) is 10. The van der Waals surface area contributed by atoms with E-state index in [4.69, 9.17) is 14.2 Å². The summed E-state index contributed by atoms with van der Waals surface area (Å²) in [6.45, 7) is 4.81. The molecule has 11 nitrogen and oxygen atoms in total. The molecule has 1 aromatic heterocycles. The summed E-state index contributed by atoms with van der Waals surface area (Å²) in [5.41, 5.74) is 3.04. The first kappa shape index (κ1) is 27.7. The number of benzene rings is 2. The molecule has 2 N–H and O–H groups in total. The summed E-state index contributed by atoms with van der Waals surface area (Å²) in [7, 11) is 1.78. The van der Waals surface area contributed by atoms with E-state index in [1.165, 1.54) is 25.6 Å². The van der Waals surface area contributed by atoms with Crippen molar-refractivity contribution >= 4 is 29.3 Å². The fourth-order valence-electron chi connectivity index (χ4n) is 4.12. The lowest BCUT2D eigenvalue weighted by Gasteiger charge is -2.41. The van der Waals surface area contributed by atoms with Crippen LogP contribution in [0.1, 0.15) is 49.9 Å². The van der Waals surface area contributed by atoms with Crippen LogP contribution < -0.4 is 5.32 Å². The third kappa shape index (κ3) is 6.76. The number of rotatable bonds is 9. The van der Waals surface area contributed by atoms with Gasteiger partial charge in [-0.1, -0.05) is 55.1 Å². The maximum Gasteiger partial charge on any atom is 0.303 e. The maximum atomic E-state index is 12.5. The van der Waals surface area contributed by atoms with Gasteiger partial charge in [0.2, 0.25) is 5.16 Å². The van der Waals surface area contributed by atoms with Crippen molar-refractivity contribution in [3.8, 4) is 0 Å². The highest BCUT2D eigenvalue weighted by Crippen LogP contribution is 2.43. The highest BCUT2D eigenvalue weighted by Gasteiger charge is 2.38. The van der Waals surface area contributed by atoms with Crippen molar-refractivity contribution in [3.05, 3.63) is 65.2 Å². The van der Waals surface area contributed by atoms with Crippen molar-refractivity contribution in [2.45, 2.75) is 57.1 Å². The lowest BCUT2D eigenvalue weighted by molar-refractivity contribution is -0.268. The molecule has 2 heterocycles. The minimum absolute atomic E-state index is 0.00706. The Morgan fingerprint density at radius 2 is 1.95 bits per heavy atom. The molecule has 1 aliphatic heterocycles. The van der Waals surface area contributed by atoms with Gasteiger partial charge < -0.3 is 24.6 Å². The lowest BCUT2D eigenvalue weighted by atomic mass is 9.91. The molecule has 0 saturated carbocycles. The summed E-state index contributed by atoms with van der Waals surface area (Å²) in [6, 6.07) is 14.9. The smallest absolute Gasteiger partial charge is 0.303 e. The van der Waals surface area contributed by atoms with E-state index in [1.54, 1.807) is 29.9 Å². The number of carbonyl (C=O) groups excluding carboxylic acids is 2. The van der Waals surface area contributed by atoms with Crippen LogP contribution in [0.4, 0.5) is 5.69 Å². The zero-order valence-electron chi connectivity index (χ0n) is 21.6. The number of aromatic nitrogens is 4. The Bertz CT molecular complexity index is 1250. The van der Waals surface area contributed by atoms with Crippen LogP contribution in [0.5, 0.6) is 0 Å². The molecule has 202 valence electrons. The molecule has 1 amide bonds. The number of carbonyl (C=O) groups is 2. The van der Waals surface area contributed by atoms with E-state index < -0.39 is 24.3 Å². The molecule has 5 atom stereocenters. The van der Waals surface area contributed by atoms with Crippen molar-refractivity contribution < 1.29 is 28.9 Å². The van der Waals surface area contributed by atoms with E-state index in [0.717, 1.165) is 16.7 Å². The van der Waals surface area contributed by atoms with Crippen LogP contribution in [-0.4, -0.2) is 55.2 Å². The number of ether oxygens (including phenoxy) is 3. The molecular weight excluding hydrogens is 510 g/mol. The monoisotopic (exact) mass is 541 g/mol. The maximum absolute atomic E-state index is 12.5. The van der Waals surface area contributed by atoms with Gasteiger partial charge in [-0.05, 0) is 40.6 Å². The highest BCUT2D eigenvalue weighted by molar-refractivity contribution is 7.99. The van der Waals surface area contributed by atoms with E-state index >= 15 is 0 Å². The quantitative estimate of drug-likeness (QED) is 0.307. The largest absolute Gasteiger partial charge is 0.453 e. The lowest BCUT2D eigenvalue weighted by Crippen LogP contribution is -2.38. The number of amides is 1. The summed E-state index contributed by atoms with van der Waals surface area (Å²) < 4.78 is 19.5. The Morgan fingerprint density at radius 3 is 2.61 bits per heavy atom. The number of aliphatic hydroxyl groups excluding tert-OH is 1. The van der Waals surface area contributed by atoms with E-state index in [-0.39, 0.29) is 24.7 Å². The summed E-state index contributed by atoms with van der Waals surface area (Å²) in [5, 5.41) is 24.5. The first-order chi connectivity index (χ1) is 18.2. The Kier molecular flexibility index (Phi) is 9.10. The second-order valence-corrected chi connectivity index (χ2v) is 10.1. The van der Waals surface area contributed by atoms with Gasteiger partial charge in [-0.3, -0.25) is 9.59 Å². The molecule has 1 aliphatic rings. The van der Waals surface area contributed by atoms with Gasteiger partial charge in [-0.15, -0.1) is 5.10 Å². The number of tetrazole rings is 1. The number of aliphatic hydroxyl groups is 1. The number of esters is 1. The number of nitrogens with zero attached hydrogens (tertiary/aromatic N) is 4. The minimum atomic E-state index is -0.929. The molecule has 0 radical (unpaired) electrons. The molecule has 0 spiro atoms. The van der Waals surface area contributed by atoms with Crippen LogP contribution in [-0.2, 0) is 37.5 Å². The van der Waals surface area contributed by atoms with Crippen molar-refractivity contribution in [3.63, 3.8) is 0 Å². The highest BCUT2D eigenvalue weighted by atomic mass is 32.2. The van der Waals surface area contributed by atoms with Crippen LogP contribution in [0.15, 0.2) is 53.7 Å². The average Bonchev–Trinajstić information content (AvgIpc) is 3.32. The van der Waals surface area contributed by atoms with Gasteiger partial charge in [0.05, 0.1) is 18.8 Å². The van der Waals surface area contributed by atoms with Crippen molar-refractivity contribution in [2.24, 2.45) is 13.0 Å². The first-order valence-electron chi connectivity index (χ1n) is 12.2. The Labute approximate surface area is 224 Å². The minimum Gasteiger partial charge on any atom is -0.453 e. The van der Waals surface area contributed by atoms with Gasteiger partial charge in [0.1, 0.15) is 0 Å². The summed E-state index contributed by atoms with van der Waals surface area (Å²) in [4.78, 5) is 23.7. The molecule has 2 aromatic carbocycles. The number of aryl methyl sites for hydroxylation is 1. The number of nitrogens with one attached hydrogen (secondary N) is 1. The van der Waals surface area contributed by atoms with E-state index in [9.17, 15) is 14.7 Å². The molecule has 38 heavy (non-hydrogen) atoms. The third-order valence-corrected chi connectivity index (χ3v) is 7.32. The molecule has 3 aromatic rings. The summed E-state index contributed by atoms with van der Waals surface area (Å²) in [6.07, 6.45) is -2.13. The Balaban J connectivity index is 1.56. The molecule has 4 rings (SSSR count). The molecule has 1 saturated heterocycles. The number of hydrogen-bond donors (Lipinski definition) is 2. The fraction of sp³-hybridized carbons (Fsp3) is 0.423. The molecular formula is C26H31N5O6S. The predicted molar refractivity (Wildman–Crippen MR) is 139 cm³/mol. The summed E-state index contributed by atoms with van der Waals surface area (Å²) >= 11 is 1.50. The molecule has 0 bridgehead atoms.